The average molecular weight is 313 g/mol. The Morgan fingerprint density at radius 2 is 1.71 bits per heavy atom. The maximum absolute atomic E-state index is 8.63. The third-order valence-corrected chi connectivity index (χ3v) is 3.68. The number of hydrogen-bond donors (Lipinski definition) is 1. The van der Waals surface area contributed by atoms with Gasteiger partial charge in [0, 0.05) is 5.56 Å². The molecule has 1 aromatic carbocycles. The minimum atomic E-state index is -4.92. The highest BCUT2D eigenvalue weighted by Gasteiger charge is 2.24. The summed E-state index contributed by atoms with van der Waals surface area (Å²) >= 11 is 0. The second-order valence-corrected chi connectivity index (χ2v) is 6.51. The molecule has 0 unspecified atom stereocenters. The summed E-state index contributed by atoms with van der Waals surface area (Å²) in [6, 6.07) is 8.82. The molecule has 6 heteroatoms. The molecule has 1 N–H and O–H groups in total. The Bertz CT molecular complexity index is 538. The number of nitrogens with zero attached hydrogens (tertiary/aromatic N) is 1. The Hall–Kier alpha value is -1.21. The van der Waals surface area contributed by atoms with E-state index in [1.54, 1.807) is 0 Å². The normalized spacial score (nSPS) is 17.5. The zero-order valence-electron chi connectivity index (χ0n) is 12.4. The quantitative estimate of drug-likeness (QED) is 0.528. The molecule has 0 aromatic heterocycles. The molecule has 0 bridgehead atoms. The van der Waals surface area contributed by atoms with Crippen LogP contribution in [-0.4, -0.2) is 42.1 Å². The number of rotatable bonds is 3. The van der Waals surface area contributed by atoms with Gasteiger partial charge in [-0.25, -0.2) is 8.42 Å². The van der Waals surface area contributed by atoms with Crippen LogP contribution in [-0.2, 0) is 16.9 Å². The SMILES string of the molecule is C=Cc1ccc(C[N+]2(C)CCCCC2)cc1.O=S(=O)([O-])O. The monoisotopic (exact) mass is 313 g/mol. The molecule has 2 rings (SSSR count). The molecule has 5 nitrogen and oxygen atoms in total. The van der Waals surface area contributed by atoms with Gasteiger partial charge in [0.25, 0.3) is 0 Å². The van der Waals surface area contributed by atoms with Crippen molar-refractivity contribution in [1.29, 1.82) is 0 Å². The van der Waals surface area contributed by atoms with Crippen LogP contribution in [0, 0.1) is 0 Å². The van der Waals surface area contributed by atoms with Gasteiger partial charge in [-0.05, 0) is 24.8 Å². The van der Waals surface area contributed by atoms with Gasteiger partial charge in [0.05, 0.1) is 20.1 Å². The molecule has 1 aromatic rings. The summed E-state index contributed by atoms with van der Waals surface area (Å²) in [6.45, 7) is 7.64. The van der Waals surface area contributed by atoms with Crippen molar-refractivity contribution in [2.45, 2.75) is 25.8 Å². The predicted octanol–water partition coefficient (Wildman–Crippen LogP) is 2.46. The van der Waals surface area contributed by atoms with Gasteiger partial charge in [0.2, 0.25) is 10.4 Å². The Morgan fingerprint density at radius 1 is 1.24 bits per heavy atom. The maximum atomic E-state index is 8.63. The van der Waals surface area contributed by atoms with Crippen molar-refractivity contribution in [2.24, 2.45) is 0 Å². The van der Waals surface area contributed by atoms with Crippen molar-refractivity contribution in [2.75, 3.05) is 20.1 Å². The summed E-state index contributed by atoms with van der Waals surface area (Å²) in [5.74, 6) is 0. The van der Waals surface area contributed by atoms with Crippen LogP contribution in [0.25, 0.3) is 6.08 Å². The summed E-state index contributed by atoms with van der Waals surface area (Å²) in [5, 5.41) is 0. The highest BCUT2D eigenvalue weighted by molar-refractivity contribution is 7.79. The van der Waals surface area contributed by atoms with Crippen LogP contribution in [0.5, 0.6) is 0 Å². The van der Waals surface area contributed by atoms with Gasteiger partial charge in [-0.15, -0.1) is 0 Å². The van der Waals surface area contributed by atoms with Crippen LogP contribution in [0.2, 0.25) is 0 Å². The van der Waals surface area contributed by atoms with Gasteiger partial charge < -0.3 is 9.04 Å². The summed E-state index contributed by atoms with van der Waals surface area (Å²) in [5.41, 5.74) is 2.67. The van der Waals surface area contributed by atoms with Crippen molar-refractivity contribution in [3.05, 3.63) is 42.0 Å². The summed E-state index contributed by atoms with van der Waals surface area (Å²) in [7, 11) is -2.53. The fourth-order valence-electron chi connectivity index (χ4n) is 2.63. The van der Waals surface area contributed by atoms with E-state index in [1.165, 1.54) is 54.5 Å². The lowest BCUT2D eigenvalue weighted by molar-refractivity contribution is -0.926. The fourth-order valence-corrected chi connectivity index (χ4v) is 2.63. The molecule has 0 amide bonds. The Labute approximate surface area is 127 Å². The third kappa shape index (κ3) is 7.96. The van der Waals surface area contributed by atoms with Crippen LogP contribution in [0.3, 0.4) is 0 Å². The molecule has 1 aliphatic heterocycles. The standard InChI is InChI=1S/C15H22N.H2O4S/c1-3-14-7-9-15(10-8-14)13-16(2)11-5-4-6-12-16;1-5(2,3)4/h3,7-10H,1,4-6,11-13H2,2H3;(H2,1,2,3,4)/q+1;/p-1. The van der Waals surface area contributed by atoms with E-state index in [9.17, 15) is 0 Å². The number of benzene rings is 1. The first kappa shape index (κ1) is 17.8. The Balaban J connectivity index is 0.000000383. The topological polar surface area (TPSA) is 77.4 Å². The Morgan fingerprint density at radius 3 is 2.14 bits per heavy atom. The van der Waals surface area contributed by atoms with Crippen molar-refractivity contribution >= 4 is 16.5 Å². The fraction of sp³-hybridized carbons (Fsp3) is 0.467. The lowest BCUT2D eigenvalue weighted by Crippen LogP contribution is -2.46. The molecular weight excluding hydrogens is 290 g/mol. The molecule has 0 radical (unpaired) electrons. The van der Waals surface area contributed by atoms with E-state index < -0.39 is 10.4 Å². The first-order valence-corrected chi connectivity index (χ1v) is 8.32. The summed E-state index contributed by atoms with van der Waals surface area (Å²) < 4.78 is 34.0. The van der Waals surface area contributed by atoms with Crippen LogP contribution in [0.15, 0.2) is 30.8 Å². The molecule has 0 atom stereocenters. The van der Waals surface area contributed by atoms with Gasteiger partial charge in [-0.2, -0.15) is 0 Å². The minimum absolute atomic E-state index is 1.18. The maximum Gasteiger partial charge on any atom is 0.215 e. The highest BCUT2D eigenvalue weighted by Crippen LogP contribution is 2.20. The molecule has 0 spiro atoms. The molecule has 1 aliphatic rings. The summed E-state index contributed by atoms with van der Waals surface area (Å²) in [6.07, 6.45) is 6.10. The molecule has 0 saturated carbocycles. The first-order chi connectivity index (χ1) is 9.72. The smallest absolute Gasteiger partial charge is 0.215 e. The van der Waals surface area contributed by atoms with Crippen molar-refractivity contribution in [1.82, 2.24) is 0 Å². The molecule has 118 valence electrons. The highest BCUT2D eigenvalue weighted by atomic mass is 32.3. The third-order valence-electron chi connectivity index (χ3n) is 3.68. The second-order valence-electron chi connectivity index (χ2n) is 5.66. The lowest BCUT2D eigenvalue weighted by atomic mass is 10.1. The number of likely N-dealkylation sites (tertiary alicyclic amines) is 1. The van der Waals surface area contributed by atoms with Gasteiger partial charge in [0.1, 0.15) is 6.54 Å². The van der Waals surface area contributed by atoms with Crippen LogP contribution in [0.4, 0.5) is 0 Å². The molecule has 1 saturated heterocycles. The molecule has 1 fully saturated rings. The zero-order valence-corrected chi connectivity index (χ0v) is 13.2. The lowest BCUT2D eigenvalue weighted by Gasteiger charge is -2.37. The summed E-state index contributed by atoms with van der Waals surface area (Å²) in [4.78, 5) is 0. The average Bonchev–Trinajstić information content (AvgIpc) is 2.38. The van der Waals surface area contributed by atoms with Crippen molar-refractivity contribution in [3.63, 3.8) is 0 Å². The number of quaternary nitrogens is 1. The molecular formula is C15H23NO4S. The van der Waals surface area contributed by atoms with Crippen molar-refractivity contribution in [3.8, 4) is 0 Å². The van der Waals surface area contributed by atoms with Gasteiger partial charge in [-0.3, -0.25) is 4.55 Å². The van der Waals surface area contributed by atoms with E-state index in [0.717, 1.165) is 0 Å². The van der Waals surface area contributed by atoms with Crippen molar-refractivity contribution < 1.29 is 22.0 Å². The predicted molar refractivity (Wildman–Crippen MR) is 82.3 cm³/mol. The molecule has 21 heavy (non-hydrogen) atoms. The van der Waals surface area contributed by atoms with E-state index in [0.29, 0.717) is 0 Å². The minimum Gasteiger partial charge on any atom is -0.726 e. The largest absolute Gasteiger partial charge is 0.726 e. The van der Waals surface area contributed by atoms with E-state index in [2.05, 4.69) is 37.9 Å². The Kier molecular flexibility index (Phi) is 6.54. The van der Waals surface area contributed by atoms with Crippen LogP contribution < -0.4 is 0 Å². The first-order valence-electron chi connectivity index (χ1n) is 6.95. The zero-order chi connectivity index (χ0) is 15.9. The van der Waals surface area contributed by atoms with E-state index in [-0.39, 0.29) is 0 Å². The number of piperidine rings is 1. The van der Waals surface area contributed by atoms with E-state index in [4.69, 9.17) is 17.5 Å². The van der Waals surface area contributed by atoms with Gasteiger partial charge in [-0.1, -0.05) is 36.9 Å². The molecule has 1 heterocycles. The van der Waals surface area contributed by atoms with Crippen LogP contribution >= 0.6 is 0 Å². The second kappa shape index (κ2) is 7.70. The van der Waals surface area contributed by atoms with E-state index in [1.807, 2.05) is 6.08 Å². The van der Waals surface area contributed by atoms with Gasteiger partial charge in [0.15, 0.2) is 0 Å². The number of hydrogen-bond acceptors (Lipinski definition) is 3. The van der Waals surface area contributed by atoms with Gasteiger partial charge >= 0.3 is 0 Å². The molecule has 0 aliphatic carbocycles. The van der Waals surface area contributed by atoms with E-state index >= 15 is 0 Å². The van der Waals surface area contributed by atoms with Crippen LogP contribution in [0.1, 0.15) is 30.4 Å².